The molecule has 0 spiro atoms. The normalized spacial score (nSPS) is 52.5. The molecule has 0 aromatic carbocycles. The van der Waals surface area contributed by atoms with Crippen LogP contribution in [0.5, 0.6) is 0 Å². The summed E-state index contributed by atoms with van der Waals surface area (Å²) in [6.45, 7) is 3.07. The maximum absolute atomic E-state index is 11.2. The van der Waals surface area contributed by atoms with Crippen molar-refractivity contribution < 1.29 is 54.7 Å². The Morgan fingerprint density at radius 2 is 1.29 bits per heavy atom. The van der Waals surface area contributed by atoms with Gasteiger partial charge in [0.2, 0.25) is 0 Å². The molecule has 0 amide bonds. The van der Waals surface area contributed by atoms with E-state index in [2.05, 4.69) is 0 Å². The van der Waals surface area contributed by atoms with Gasteiger partial charge in [-0.1, -0.05) is 20.3 Å². The van der Waals surface area contributed by atoms with Gasteiger partial charge in [0.15, 0.2) is 12.6 Å². The van der Waals surface area contributed by atoms with Crippen LogP contribution >= 0.6 is 0 Å². The molecule has 3 rings (SSSR count). The monoisotopic (exact) mass is 496 g/mol. The van der Waals surface area contributed by atoms with Gasteiger partial charge >= 0.3 is 0 Å². The molecule has 2 saturated heterocycles. The van der Waals surface area contributed by atoms with Crippen molar-refractivity contribution in [2.45, 2.75) is 119 Å². The number of hydrogen-bond donors (Lipinski definition) is 9. The Kier molecular flexibility index (Phi) is 9.64. The largest absolute Gasteiger partial charge is 0.394 e. The smallest absolute Gasteiger partial charge is 0.187 e. The molecule has 13 nitrogen and oxygen atoms in total. The van der Waals surface area contributed by atoms with Crippen LogP contribution < -0.4 is 11.5 Å². The van der Waals surface area contributed by atoms with Gasteiger partial charge in [-0.15, -0.1) is 0 Å². The second-order valence-corrected chi connectivity index (χ2v) is 9.47. The molecule has 15 unspecified atom stereocenters. The number of aliphatic hydroxyl groups excluding tert-OH is 7. The molecule has 0 bridgehead atoms. The van der Waals surface area contributed by atoms with Gasteiger partial charge in [0.05, 0.1) is 24.9 Å². The van der Waals surface area contributed by atoms with Crippen LogP contribution in [-0.4, -0.2) is 128 Å². The third kappa shape index (κ3) is 5.42. The molecular formula is C21H40N2O11. The summed E-state index contributed by atoms with van der Waals surface area (Å²) in [7, 11) is 0. The Hall–Kier alpha value is -0.520. The Balaban J connectivity index is 1.76. The van der Waals surface area contributed by atoms with E-state index in [9.17, 15) is 35.7 Å². The van der Waals surface area contributed by atoms with Crippen molar-refractivity contribution in [1.82, 2.24) is 0 Å². The minimum atomic E-state index is -1.58. The minimum Gasteiger partial charge on any atom is -0.394 e. The van der Waals surface area contributed by atoms with Gasteiger partial charge in [-0.25, -0.2) is 0 Å². The molecular weight excluding hydrogens is 456 g/mol. The fraction of sp³-hybridized carbons (Fsp3) is 1.00. The summed E-state index contributed by atoms with van der Waals surface area (Å²) in [4.78, 5) is 0. The molecule has 2 aliphatic heterocycles. The first-order valence-corrected chi connectivity index (χ1v) is 11.9. The van der Waals surface area contributed by atoms with Crippen LogP contribution in [0.25, 0.3) is 0 Å². The zero-order valence-corrected chi connectivity index (χ0v) is 19.4. The number of ether oxygens (including phenoxy) is 4. The van der Waals surface area contributed by atoms with E-state index in [1.165, 1.54) is 0 Å². The average Bonchev–Trinajstić information content (AvgIpc) is 2.82. The lowest BCUT2D eigenvalue weighted by atomic mass is 9.78. The van der Waals surface area contributed by atoms with Crippen molar-refractivity contribution in [3.05, 3.63) is 0 Å². The molecule has 0 aromatic rings. The van der Waals surface area contributed by atoms with Crippen molar-refractivity contribution in [3.63, 3.8) is 0 Å². The molecule has 1 saturated carbocycles. The van der Waals surface area contributed by atoms with Crippen LogP contribution in [-0.2, 0) is 18.9 Å². The van der Waals surface area contributed by atoms with Crippen molar-refractivity contribution in [1.29, 1.82) is 0 Å². The zero-order chi connectivity index (χ0) is 25.3. The van der Waals surface area contributed by atoms with Gasteiger partial charge in [-0.2, -0.15) is 0 Å². The van der Waals surface area contributed by atoms with Crippen molar-refractivity contribution in [2.75, 3.05) is 6.61 Å². The molecule has 2 heterocycles. The standard InChI is InChI=1S/C21H40N2O11/c1-3-7-5-8(22)19(34-21-16(29)15(28)13(26)9(4-2)31-21)17(30)18(7)33-20-14(27)11(23)12(25)10(6-24)32-20/h7-21,24-30H,3-6,22-23H2,1-2H3. The van der Waals surface area contributed by atoms with Crippen LogP contribution in [0.2, 0.25) is 0 Å². The molecule has 15 atom stereocenters. The molecule has 3 aliphatic rings. The summed E-state index contributed by atoms with van der Waals surface area (Å²) in [5.41, 5.74) is 12.1. The summed E-state index contributed by atoms with van der Waals surface area (Å²) in [5.74, 6) is -0.260. The van der Waals surface area contributed by atoms with Crippen molar-refractivity contribution in [3.8, 4) is 0 Å². The van der Waals surface area contributed by atoms with Crippen LogP contribution in [0.4, 0.5) is 0 Å². The summed E-state index contributed by atoms with van der Waals surface area (Å²) in [6.07, 6.45) is -13.8. The summed E-state index contributed by atoms with van der Waals surface area (Å²) >= 11 is 0. The molecule has 3 fully saturated rings. The number of nitrogens with two attached hydrogens (primary N) is 2. The molecule has 1 aliphatic carbocycles. The zero-order valence-electron chi connectivity index (χ0n) is 19.4. The van der Waals surface area contributed by atoms with Gasteiger partial charge in [0.25, 0.3) is 0 Å². The van der Waals surface area contributed by atoms with E-state index < -0.39 is 92.3 Å². The SMILES string of the molecule is CCC1CC(N)C(OC2OC(CC)C(O)C(O)C2O)C(O)C1OC1OC(CO)C(O)C(N)C1O. The molecule has 200 valence electrons. The maximum atomic E-state index is 11.2. The fourth-order valence-electron chi connectivity index (χ4n) is 5.01. The van der Waals surface area contributed by atoms with Gasteiger partial charge in [0, 0.05) is 6.04 Å². The van der Waals surface area contributed by atoms with E-state index in [4.69, 9.17) is 30.4 Å². The third-order valence-electron chi connectivity index (χ3n) is 7.25. The highest BCUT2D eigenvalue weighted by Crippen LogP contribution is 2.35. The van der Waals surface area contributed by atoms with Gasteiger partial charge in [0.1, 0.15) is 48.8 Å². The average molecular weight is 497 g/mol. The second-order valence-electron chi connectivity index (χ2n) is 9.47. The highest BCUT2D eigenvalue weighted by atomic mass is 16.7. The highest BCUT2D eigenvalue weighted by Gasteiger charge is 2.51. The van der Waals surface area contributed by atoms with Crippen LogP contribution in [0.1, 0.15) is 33.1 Å². The number of hydrogen-bond acceptors (Lipinski definition) is 13. The first-order valence-electron chi connectivity index (χ1n) is 11.9. The predicted molar refractivity (Wildman–Crippen MR) is 115 cm³/mol. The molecule has 13 heteroatoms. The first-order chi connectivity index (χ1) is 16.0. The van der Waals surface area contributed by atoms with Crippen molar-refractivity contribution in [2.24, 2.45) is 17.4 Å². The lowest BCUT2D eigenvalue weighted by molar-refractivity contribution is -0.336. The minimum absolute atomic E-state index is 0.260. The molecule has 0 radical (unpaired) electrons. The molecule has 34 heavy (non-hydrogen) atoms. The first kappa shape index (κ1) is 28.1. The van der Waals surface area contributed by atoms with E-state index in [0.717, 1.165) is 0 Å². The maximum Gasteiger partial charge on any atom is 0.187 e. The topological polar surface area (TPSA) is 231 Å². The Bertz CT molecular complexity index is 644. The van der Waals surface area contributed by atoms with Gasteiger partial charge < -0.3 is 66.2 Å². The lowest BCUT2D eigenvalue weighted by Gasteiger charge is -2.48. The Labute approximate surface area is 198 Å². The highest BCUT2D eigenvalue weighted by molar-refractivity contribution is 4.99. The fourth-order valence-corrected chi connectivity index (χ4v) is 5.01. The van der Waals surface area contributed by atoms with E-state index in [1.807, 2.05) is 6.92 Å². The van der Waals surface area contributed by atoms with Gasteiger partial charge in [-0.05, 0) is 18.8 Å². The lowest BCUT2D eigenvalue weighted by Crippen LogP contribution is -2.66. The number of rotatable bonds is 7. The summed E-state index contributed by atoms with van der Waals surface area (Å²) < 4.78 is 22.9. The summed E-state index contributed by atoms with van der Waals surface area (Å²) in [6, 6.07) is -1.82. The van der Waals surface area contributed by atoms with E-state index in [-0.39, 0.29) is 5.92 Å². The third-order valence-corrected chi connectivity index (χ3v) is 7.25. The Morgan fingerprint density at radius 3 is 1.88 bits per heavy atom. The molecule has 0 aromatic heterocycles. The predicted octanol–water partition coefficient (Wildman–Crippen LogP) is -4.14. The molecule has 11 N–H and O–H groups in total. The second kappa shape index (κ2) is 11.7. The quantitative estimate of drug-likeness (QED) is 0.163. The van der Waals surface area contributed by atoms with Crippen LogP contribution in [0.15, 0.2) is 0 Å². The number of aliphatic hydroxyl groups is 7. The summed E-state index contributed by atoms with van der Waals surface area (Å²) in [5, 5.41) is 71.8. The van der Waals surface area contributed by atoms with Crippen molar-refractivity contribution >= 4 is 0 Å². The van der Waals surface area contributed by atoms with Crippen LogP contribution in [0, 0.1) is 5.92 Å². The van der Waals surface area contributed by atoms with E-state index >= 15 is 0 Å². The van der Waals surface area contributed by atoms with Crippen LogP contribution in [0.3, 0.4) is 0 Å². The Morgan fingerprint density at radius 1 is 0.706 bits per heavy atom. The van der Waals surface area contributed by atoms with Gasteiger partial charge in [-0.3, -0.25) is 0 Å². The van der Waals surface area contributed by atoms with E-state index in [0.29, 0.717) is 19.3 Å². The van der Waals surface area contributed by atoms with E-state index in [1.54, 1.807) is 6.92 Å².